The summed E-state index contributed by atoms with van der Waals surface area (Å²) in [6.07, 6.45) is 0. The van der Waals surface area contributed by atoms with Crippen molar-refractivity contribution in [2.45, 2.75) is 13.1 Å². The number of aromatic nitrogens is 4. The van der Waals surface area contributed by atoms with Crippen molar-refractivity contribution in [1.29, 1.82) is 0 Å². The highest BCUT2D eigenvalue weighted by Crippen LogP contribution is 2.23. The van der Waals surface area contributed by atoms with E-state index in [4.69, 9.17) is 27.6 Å². The number of hydrogen-bond acceptors (Lipinski definition) is 5. The van der Waals surface area contributed by atoms with Gasteiger partial charge in [0.05, 0.1) is 6.54 Å². The number of fused-ring (bicyclic) bond motifs is 1. The number of imidazole rings is 1. The lowest BCUT2D eigenvalue weighted by Gasteiger charge is -2.08. The average Bonchev–Trinajstić information content (AvgIpc) is 3.35. The second kappa shape index (κ2) is 8.09. The van der Waals surface area contributed by atoms with Crippen molar-refractivity contribution >= 4 is 40.3 Å². The highest BCUT2D eigenvalue weighted by Gasteiger charge is 2.20. The molecule has 0 saturated heterocycles. The molecule has 160 valence electrons. The largest absolute Gasteiger partial charge is 0.459 e. The lowest BCUT2D eigenvalue weighted by Crippen LogP contribution is -2.38. The van der Waals surface area contributed by atoms with Crippen LogP contribution in [0.1, 0.15) is 5.76 Å². The number of benzene rings is 1. The van der Waals surface area contributed by atoms with Crippen molar-refractivity contribution in [2.75, 3.05) is 0 Å². The summed E-state index contributed by atoms with van der Waals surface area (Å²) in [7, 11) is 2.83. The van der Waals surface area contributed by atoms with Crippen LogP contribution in [-0.2, 0) is 32.0 Å². The summed E-state index contributed by atoms with van der Waals surface area (Å²) in [6.45, 7) is -0.0965. The van der Waals surface area contributed by atoms with Crippen LogP contribution in [0.3, 0.4) is 0 Å². The van der Waals surface area contributed by atoms with Crippen LogP contribution in [0, 0.1) is 0 Å². The van der Waals surface area contributed by atoms with E-state index in [1.807, 2.05) is 12.1 Å². The number of carbonyl (C=O) groups is 1. The first kappa shape index (κ1) is 21.0. The van der Waals surface area contributed by atoms with E-state index in [0.29, 0.717) is 16.5 Å². The average molecular weight is 462 g/mol. The van der Waals surface area contributed by atoms with Crippen LogP contribution >= 0.6 is 23.2 Å². The SMILES string of the molecule is Cn1c(=O)c2c(nc(Cl)n2CC(=O)NCc2ccc(-c3ccc(Cl)cc3)o2)n(C)c1=O. The molecule has 0 fully saturated rings. The van der Waals surface area contributed by atoms with E-state index >= 15 is 0 Å². The minimum atomic E-state index is -0.580. The normalized spacial score (nSPS) is 11.2. The van der Waals surface area contributed by atoms with Crippen molar-refractivity contribution in [2.24, 2.45) is 14.1 Å². The molecule has 31 heavy (non-hydrogen) atoms. The third kappa shape index (κ3) is 3.89. The molecule has 0 aliphatic heterocycles. The Morgan fingerprint density at radius 1 is 1.06 bits per heavy atom. The van der Waals surface area contributed by atoms with Gasteiger partial charge in [-0.15, -0.1) is 0 Å². The first-order chi connectivity index (χ1) is 14.8. The predicted octanol–water partition coefficient (Wildman–Crippen LogP) is 2.32. The second-order valence-electron chi connectivity index (χ2n) is 6.89. The van der Waals surface area contributed by atoms with Crippen LogP contribution in [0.5, 0.6) is 0 Å². The number of nitrogens with zero attached hydrogens (tertiary/aromatic N) is 4. The third-order valence-electron chi connectivity index (χ3n) is 4.85. The minimum Gasteiger partial charge on any atom is -0.459 e. The molecule has 0 atom stereocenters. The van der Waals surface area contributed by atoms with Crippen LogP contribution in [-0.4, -0.2) is 24.6 Å². The lowest BCUT2D eigenvalue weighted by molar-refractivity contribution is -0.121. The number of hydrogen-bond donors (Lipinski definition) is 1. The number of amides is 1. The Hall–Kier alpha value is -3.30. The summed E-state index contributed by atoms with van der Waals surface area (Å²) < 4.78 is 9.18. The summed E-state index contributed by atoms with van der Waals surface area (Å²) in [6, 6.07) is 10.8. The summed E-state index contributed by atoms with van der Waals surface area (Å²) in [5.74, 6) is 0.800. The topological polar surface area (TPSA) is 104 Å². The van der Waals surface area contributed by atoms with Gasteiger partial charge in [0, 0.05) is 24.7 Å². The Labute approximate surface area is 185 Å². The number of furan rings is 1. The molecule has 0 aliphatic carbocycles. The van der Waals surface area contributed by atoms with Crippen LogP contribution in [0.2, 0.25) is 10.3 Å². The van der Waals surface area contributed by atoms with E-state index in [9.17, 15) is 14.4 Å². The van der Waals surface area contributed by atoms with Crippen LogP contribution in [0.25, 0.3) is 22.5 Å². The first-order valence-corrected chi connectivity index (χ1v) is 9.95. The Kier molecular flexibility index (Phi) is 5.47. The van der Waals surface area contributed by atoms with Gasteiger partial charge in [-0.2, -0.15) is 4.98 Å². The quantitative estimate of drug-likeness (QED) is 0.459. The molecule has 0 radical (unpaired) electrons. The Morgan fingerprint density at radius 3 is 2.48 bits per heavy atom. The van der Waals surface area contributed by atoms with Gasteiger partial charge in [0.1, 0.15) is 18.1 Å². The van der Waals surface area contributed by atoms with Gasteiger partial charge >= 0.3 is 5.69 Å². The van der Waals surface area contributed by atoms with E-state index in [2.05, 4.69) is 10.3 Å². The molecule has 4 rings (SSSR count). The Balaban J connectivity index is 1.51. The Morgan fingerprint density at radius 2 is 1.77 bits per heavy atom. The molecule has 3 aromatic heterocycles. The van der Waals surface area contributed by atoms with Gasteiger partial charge in [0.2, 0.25) is 11.2 Å². The van der Waals surface area contributed by atoms with Gasteiger partial charge in [-0.25, -0.2) is 4.79 Å². The van der Waals surface area contributed by atoms with Crippen LogP contribution in [0.4, 0.5) is 0 Å². The highest BCUT2D eigenvalue weighted by atomic mass is 35.5. The van der Waals surface area contributed by atoms with Gasteiger partial charge < -0.3 is 9.73 Å². The van der Waals surface area contributed by atoms with Crippen LogP contribution < -0.4 is 16.6 Å². The molecular formula is C20H17Cl2N5O4. The first-order valence-electron chi connectivity index (χ1n) is 9.19. The monoisotopic (exact) mass is 461 g/mol. The Bertz CT molecular complexity index is 1410. The molecule has 1 aromatic carbocycles. The molecule has 9 nitrogen and oxygen atoms in total. The molecular weight excluding hydrogens is 445 g/mol. The second-order valence-corrected chi connectivity index (χ2v) is 7.67. The highest BCUT2D eigenvalue weighted by molar-refractivity contribution is 6.30. The van der Waals surface area contributed by atoms with Gasteiger partial charge in [-0.1, -0.05) is 11.6 Å². The zero-order valence-corrected chi connectivity index (χ0v) is 18.1. The van der Waals surface area contributed by atoms with Crippen molar-refractivity contribution in [1.82, 2.24) is 24.0 Å². The maximum Gasteiger partial charge on any atom is 0.332 e. The summed E-state index contributed by atoms with van der Waals surface area (Å²) >= 11 is 12.0. The zero-order valence-electron chi connectivity index (χ0n) is 16.6. The standard InChI is InChI=1S/C20H17Cl2N5O4/c1-25-17-16(18(29)26(2)20(25)30)27(19(22)24-17)10-15(28)23-9-13-7-8-14(31-13)11-3-5-12(21)6-4-11/h3-8H,9-10H2,1-2H3,(H,23,28). The summed E-state index contributed by atoms with van der Waals surface area (Å²) in [5, 5.41) is 3.29. The van der Waals surface area contributed by atoms with E-state index in [-0.39, 0.29) is 29.5 Å². The summed E-state index contributed by atoms with van der Waals surface area (Å²) in [4.78, 5) is 41.1. The van der Waals surface area contributed by atoms with Crippen molar-refractivity contribution in [3.63, 3.8) is 0 Å². The van der Waals surface area contributed by atoms with Gasteiger partial charge in [0.25, 0.3) is 5.56 Å². The predicted molar refractivity (Wildman–Crippen MR) is 116 cm³/mol. The van der Waals surface area contributed by atoms with Gasteiger partial charge in [0.15, 0.2) is 11.2 Å². The fourth-order valence-electron chi connectivity index (χ4n) is 3.19. The molecule has 0 saturated carbocycles. The van der Waals surface area contributed by atoms with Crippen molar-refractivity contribution < 1.29 is 9.21 Å². The molecule has 0 unspecified atom stereocenters. The molecule has 3 heterocycles. The number of nitrogens with one attached hydrogen (secondary N) is 1. The molecule has 1 amide bonds. The molecule has 4 aromatic rings. The molecule has 11 heteroatoms. The number of rotatable bonds is 5. The number of halogens is 2. The van der Waals surface area contributed by atoms with E-state index in [1.165, 1.54) is 23.2 Å². The maximum absolute atomic E-state index is 12.5. The molecule has 1 N–H and O–H groups in total. The zero-order chi connectivity index (χ0) is 22.3. The fraction of sp³-hybridized carbons (Fsp3) is 0.200. The van der Waals surface area contributed by atoms with Gasteiger partial charge in [-0.05, 0) is 48.0 Å². The van der Waals surface area contributed by atoms with Crippen LogP contribution in [0.15, 0.2) is 50.4 Å². The van der Waals surface area contributed by atoms with E-state index in [1.54, 1.807) is 24.3 Å². The molecule has 0 bridgehead atoms. The van der Waals surface area contributed by atoms with E-state index < -0.39 is 17.2 Å². The summed E-state index contributed by atoms with van der Waals surface area (Å²) in [5.41, 5.74) is -0.0565. The van der Waals surface area contributed by atoms with E-state index in [0.717, 1.165) is 10.1 Å². The van der Waals surface area contributed by atoms with Crippen molar-refractivity contribution in [3.05, 3.63) is 73.3 Å². The minimum absolute atomic E-state index is 0.0635. The fourth-order valence-corrected chi connectivity index (χ4v) is 3.54. The molecule has 0 aliphatic rings. The smallest absolute Gasteiger partial charge is 0.332 e. The molecule has 0 spiro atoms. The van der Waals surface area contributed by atoms with Crippen molar-refractivity contribution in [3.8, 4) is 11.3 Å². The maximum atomic E-state index is 12.5. The number of carbonyl (C=O) groups excluding carboxylic acids is 1. The lowest BCUT2D eigenvalue weighted by atomic mass is 10.2. The van der Waals surface area contributed by atoms with Gasteiger partial charge in [-0.3, -0.25) is 23.3 Å². The number of aryl methyl sites for hydroxylation is 1. The third-order valence-corrected chi connectivity index (χ3v) is 5.39.